The molecule has 1 aliphatic carbocycles. The van der Waals surface area contributed by atoms with Crippen LogP contribution in [0.4, 0.5) is 0 Å². The van der Waals surface area contributed by atoms with E-state index in [0.717, 1.165) is 18.7 Å². The van der Waals surface area contributed by atoms with Gasteiger partial charge in [-0.2, -0.15) is 0 Å². The summed E-state index contributed by atoms with van der Waals surface area (Å²) in [6.07, 6.45) is 0. The third-order valence-corrected chi connectivity index (χ3v) is 4.33. The molecular weight excluding hydrogens is 274 g/mol. The molecule has 3 rings (SSSR count). The van der Waals surface area contributed by atoms with E-state index < -0.39 is 0 Å². The number of nitrogens with zero attached hydrogens (tertiary/aromatic N) is 1. The molecule has 3 nitrogen and oxygen atoms in total. The van der Waals surface area contributed by atoms with Crippen molar-refractivity contribution in [2.45, 2.75) is 20.4 Å². The summed E-state index contributed by atoms with van der Waals surface area (Å²) in [7, 11) is 0. The Labute approximate surface area is 130 Å². The van der Waals surface area contributed by atoms with E-state index in [1.165, 1.54) is 0 Å². The van der Waals surface area contributed by atoms with E-state index in [2.05, 4.69) is 18.7 Å². The maximum atomic E-state index is 12.9. The monoisotopic (exact) mass is 293 g/mol. The molecule has 0 heterocycles. The van der Waals surface area contributed by atoms with Crippen LogP contribution >= 0.6 is 0 Å². The lowest BCUT2D eigenvalue weighted by Gasteiger charge is -2.23. The lowest BCUT2D eigenvalue weighted by molar-refractivity contribution is 0.0977. The molecule has 0 aliphatic heterocycles. The summed E-state index contributed by atoms with van der Waals surface area (Å²) in [5, 5.41) is 0. The van der Waals surface area contributed by atoms with Crippen LogP contribution in [0.2, 0.25) is 0 Å². The van der Waals surface area contributed by atoms with Gasteiger partial charge in [0.25, 0.3) is 0 Å². The summed E-state index contributed by atoms with van der Waals surface area (Å²) >= 11 is 0. The maximum absolute atomic E-state index is 12.9. The van der Waals surface area contributed by atoms with Gasteiger partial charge in [0.1, 0.15) is 0 Å². The van der Waals surface area contributed by atoms with E-state index >= 15 is 0 Å². The molecule has 0 saturated carbocycles. The van der Waals surface area contributed by atoms with Gasteiger partial charge in [-0.15, -0.1) is 0 Å². The lowest BCUT2D eigenvalue weighted by Crippen LogP contribution is -2.27. The van der Waals surface area contributed by atoms with Crippen molar-refractivity contribution in [1.29, 1.82) is 0 Å². The minimum atomic E-state index is -0.0494. The van der Waals surface area contributed by atoms with E-state index in [1.807, 2.05) is 18.2 Å². The van der Waals surface area contributed by atoms with Crippen LogP contribution < -0.4 is 0 Å². The molecule has 0 atom stereocenters. The van der Waals surface area contributed by atoms with E-state index in [9.17, 15) is 9.59 Å². The van der Waals surface area contributed by atoms with Crippen LogP contribution in [0, 0.1) is 0 Å². The zero-order valence-electron chi connectivity index (χ0n) is 12.9. The molecule has 2 aromatic carbocycles. The van der Waals surface area contributed by atoms with Crippen molar-refractivity contribution >= 4 is 11.6 Å². The second-order valence-corrected chi connectivity index (χ2v) is 5.50. The van der Waals surface area contributed by atoms with Crippen molar-refractivity contribution in [2.75, 3.05) is 13.1 Å². The average Bonchev–Trinajstić information content (AvgIpc) is 2.57. The van der Waals surface area contributed by atoms with E-state index in [-0.39, 0.29) is 11.6 Å². The lowest BCUT2D eigenvalue weighted by atomic mass is 9.82. The predicted octanol–water partition coefficient (Wildman–Crippen LogP) is 3.30. The van der Waals surface area contributed by atoms with Gasteiger partial charge in [0.05, 0.1) is 0 Å². The maximum Gasteiger partial charge on any atom is 0.194 e. The number of hydrogen-bond acceptors (Lipinski definition) is 3. The summed E-state index contributed by atoms with van der Waals surface area (Å²) in [6, 6.07) is 12.7. The van der Waals surface area contributed by atoms with Gasteiger partial charge in [-0.05, 0) is 18.7 Å². The van der Waals surface area contributed by atoms with Gasteiger partial charge in [-0.25, -0.2) is 0 Å². The van der Waals surface area contributed by atoms with Gasteiger partial charge in [0, 0.05) is 28.8 Å². The second-order valence-electron chi connectivity index (χ2n) is 5.50. The first kappa shape index (κ1) is 14.7. The highest BCUT2D eigenvalue weighted by Crippen LogP contribution is 2.29. The van der Waals surface area contributed by atoms with E-state index in [0.29, 0.717) is 28.8 Å². The molecule has 0 bridgehead atoms. The number of rotatable bonds is 4. The van der Waals surface area contributed by atoms with Crippen LogP contribution in [-0.2, 0) is 6.54 Å². The predicted molar refractivity (Wildman–Crippen MR) is 86.4 cm³/mol. The molecule has 0 saturated heterocycles. The van der Waals surface area contributed by atoms with Crippen molar-refractivity contribution in [2.24, 2.45) is 0 Å². The molecule has 2 aromatic rings. The highest BCUT2D eigenvalue weighted by atomic mass is 16.1. The fourth-order valence-electron chi connectivity index (χ4n) is 3.04. The highest BCUT2D eigenvalue weighted by molar-refractivity contribution is 6.28. The van der Waals surface area contributed by atoms with Crippen LogP contribution in [0.3, 0.4) is 0 Å². The summed E-state index contributed by atoms with van der Waals surface area (Å²) in [4.78, 5) is 27.8. The molecule has 0 radical (unpaired) electrons. The molecule has 3 heteroatoms. The fraction of sp³-hybridized carbons (Fsp3) is 0.263. The Balaban J connectivity index is 2.13. The Hall–Kier alpha value is -2.26. The number of fused-ring (bicyclic) bond motifs is 2. The number of benzene rings is 2. The molecule has 0 aromatic heterocycles. The molecule has 112 valence electrons. The largest absolute Gasteiger partial charge is 0.300 e. The standard InChI is InChI=1S/C19H19NO2/c1-3-20(4-2)12-13-8-7-11-16-17(13)19(22)15-10-6-5-9-14(15)18(16)21/h5-11H,3-4,12H2,1-2H3. The summed E-state index contributed by atoms with van der Waals surface area (Å²) in [5.74, 6) is -0.0837. The van der Waals surface area contributed by atoms with Gasteiger partial charge in [-0.3, -0.25) is 14.5 Å². The molecule has 22 heavy (non-hydrogen) atoms. The van der Waals surface area contributed by atoms with Gasteiger partial charge in [-0.1, -0.05) is 56.3 Å². The van der Waals surface area contributed by atoms with Crippen molar-refractivity contribution < 1.29 is 9.59 Å². The van der Waals surface area contributed by atoms with Crippen LogP contribution in [0.15, 0.2) is 42.5 Å². The number of hydrogen-bond donors (Lipinski definition) is 0. The zero-order valence-corrected chi connectivity index (χ0v) is 12.9. The first-order valence-corrected chi connectivity index (χ1v) is 7.70. The first-order chi connectivity index (χ1) is 10.7. The molecule has 0 spiro atoms. The molecular formula is C19H19NO2. The quantitative estimate of drug-likeness (QED) is 0.740. The molecule has 0 amide bonds. The smallest absolute Gasteiger partial charge is 0.194 e. The van der Waals surface area contributed by atoms with Gasteiger partial charge in [0.15, 0.2) is 11.6 Å². The summed E-state index contributed by atoms with van der Waals surface area (Å²) in [5.41, 5.74) is 3.09. The third kappa shape index (κ3) is 2.28. The van der Waals surface area contributed by atoms with Gasteiger partial charge < -0.3 is 0 Å². The number of carbonyl (C=O) groups excluding carboxylic acids is 2. The summed E-state index contributed by atoms with van der Waals surface area (Å²) < 4.78 is 0. The Kier molecular flexibility index (Phi) is 3.90. The Morgan fingerprint density at radius 3 is 2.00 bits per heavy atom. The Bertz CT molecular complexity index is 745. The zero-order chi connectivity index (χ0) is 15.7. The normalized spacial score (nSPS) is 13.2. The fourth-order valence-corrected chi connectivity index (χ4v) is 3.04. The summed E-state index contributed by atoms with van der Waals surface area (Å²) in [6.45, 7) is 6.72. The van der Waals surface area contributed by atoms with Crippen molar-refractivity contribution in [1.82, 2.24) is 4.90 Å². The molecule has 0 fully saturated rings. The van der Waals surface area contributed by atoms with Gasteiger partial charge in [0.2, 0.25) is 0 Å². The van der Waals surface area contributed by atoms with Crippen LogP contribution in [0.5, 0.6) is 0 Å². The van der Waals surface area contributed by atoms with Crippen molar-refractivity contribution in [3.05, 3.63) is 70.3 Å². The second kappa shape index (κ2) is 5.85. The number of ketones is 2. The van der Waals surface area contributed by atoms with Gasteiger partial charge >= 0.3 is 0 Å². The van der Waals surface area contributed by atoms with Crippen LogP contribution in [0.25, 0.3) is 0 Å². The minimum Gasteiger partial charge on any atom is -0.300 e. The Morgan fingerprint density at radius 1 is 0.773 bits per heavy atom. The van der Waals surface area contributed by atoms with Crippen LogP contribution in [0.1, 0.15) is 51.3 Å². The van der Waals surface area contributed by atoms with Crippen molar-refractivity contribution in [3.63, 3.8) is 0 Å². The topological polar surface area (TPSA) is 37.4 Å². The van der Waals surface area contributed by atoms with Crippen LogP contribution in [-0.4, -0.2) is 29.6 Å². The average molecular weight is 293 g/mol. The first-order valence-electron chi connectivity index (χ1n) is 7.70. The minimum absolute atomic E-state index is 0.0343. The molecule has 0 N–H and O–H groups in total. The SMILES string of the molecule is CCN(CC)Cc1cccc2c1C(=O)c1ccccc1C2=O. The molecule has 1 aliphatic rings. The highest BCUT2D eigenvalue weighted by Gasteiger charge is 2.31. The number of carbonyl (C=O) groups is 2. The molecule has 0 unspecified atom stereocenters. The van der Waals surface area contributed by atoms with E-state index in [1.54, 1.807) is 24.3 Å². The third-order valence-electron chi connectivity index (χ3n) is 4.33. The van der Waals surface area contributed by atoms with E-state index in [4.69, 9.17) is 0 Å². The Morgan fingerprint density at radius 2 is 1.36 bits per heavy atom. The van der Waals surface area contributed by atoms with Crippen molar-refractivity contribution in [3.8, 4) is 0 Å².